The number of ether oxygens (including phenoxy) is 2. The maximum Gasteiger partial charge on any atom is 0.356 e. The molecular formula is C27H32N4O7S. The lowest BCUT2D eigenvalue weighted by Gasteiger charge is -2.27. The molecule has 0 unspecified atom stereocenters. The van der Waals surface area contributed by atoms with Crippen LogP contribution in [0.4, 0.5) is 5.69 Å². The highest BCUT2D eigenvalue weighted by molar-refractivity contribution is 7.89. The van der Waals surface area contributed by atoms with Gasteiger partial charge in [-0.15, -0.1) is 0 Å². The number of carboxylic acid groups (broad SMARTS) is 1. The van der Waals surface area contributed by atoms with Gasteiger partial charge in [0, 0.05) is 30.3 Å². The van der Waals surface area contributed by atoms with Crippen molar-refractivity contribution in [3.63, 3.8) is 0 Å². The molecule has 3 aromatic rings. The van der Waals surface area contributed by atoms with E-state index in [0.717, 1.165) is 5.56 Å². The van der Waals surface area contributed by atoms with E-state index in [-0.39, 0.29) is 65.9 Å². The fraction of sp³-hybridized carbons (Fsp3) is 0.370. The second-order valence-corrected chi connectivity index (χ2v) is 11.3. The van der Waals surface area contributed by atoms with E-state index in [1.54, 1.807) is 32.0 Å². The Bertz CT molecular complexity index is 1480. The number of morpholine rings is 1. The first kappa shape index (κ1) is 28.3. The van der Waals surface area contributed by atoms with Crippen molar-refractivity contribution in [2.45, 2.75) is 39.0 Å². The molecule has 1 saturated heterocycles. The van der Waals surface area contributed by atoms with Crippen LogP contribution < -0.4 is 10.1 Å². The summed E-state index contributed by atoms with van der Waals surface area (Å²) in [5, 5.41) is 16.7. The van der Waals surface area contributed by atoms with Crippen LogP contribution in [0, 0.1) is 19.8 Å². The molecule has 4 rings (SSSR count). The first-order valence-electron chi connectivity index (χ1n) is 12.6. The highest BCUT2D eigenvalue weighted by atomic mass is 32.2. The number of anilines is 1. The molecule has 1 atom stereocenters. The predicted molar refractivity (Wildman–Crippen MR) is 144 cm³/mol. The first-order chi connectivity index (χ1) is 18.5. The standard InChI is InChI=1S/C27H32N4O7S/c1-5-18(3)25(32)28-20-8-11-22(23(16-20)39(35,36)30-12-14-37-15-13-30)38-26-19(4)24(27(33)34)29-31(26)21-9-6-17(2)7-10-21/h6-11,16,18H,5,12-15H2,1-4H3,(H,28,32)(H,33,34)/t18-/m1/s1. The molecule has 39 heavy (non-hydrogen) atoms. The number of carboxylic acids is 1. The van der Waals surface area contributed by atoms with Gasteiger partial charge in [0.05, 0.1) is 18.9 Å². The van der Waals surface area contributed by atoms with Crippen molar-refractivity contribution in [3.8, 4) is 17.3 Å². The highest BCUT2D eigenvalue weighted by Crippen LogP contribution is 2.37. The zero-order chi connectivity index (χ0) is 28.3. The first-order valence-corrected chi connectivity index (χ1v) is 14.1. The normalized spacial score (nSPS) is 15.1. The summed E-state index contributed by atoms with van der Waals surface area (Å²) in [5.41, 5.74) is 1.85. The van der Waals surface area contributed by atoms with Gasteiger partial charge < -0.3 is 19.9 Å². The number of nitrogens with one attached hydrogen (secondary N) is 1. The zero-order valence-corrected chi connectivity index (χ0v) is 23.1. The van der Waals surface area contributed by atoms with Gasteiger partial charge in [0.1, 0.15) is 10.6 Å². The van der Waals surface area contributed by atoms with Crippen molar-refractivity contribution in [2.24, 2.45) is 5.92 Å². The van der Waals surface area contributed by atoms with Gasteiger partial charge >= 0.3 is 5.97 Å². The molecule has 11 nitrogen and oxygen atoms in total. The molecule has 2 N–H and O–H groups in total. The van der Waals surface area contributed by atoms with Gasteiger partial charge in [-0.05, 0) is 50.6 Å². The maximum atomic E-state index is 13.8. The molecule has 1 aromatic heterocycles. The molecule has 1 aliphatic rings. The Hall–Kier alpha value is -3.74. The quantitative estimate of drug-likeness (QED) is 0.403. The number of carbonyl (C=O) groups is 2. The summed E-state index contributed by atoms with van der Waals surface area (Å²) in [7, 11) is -4.07. The molecule has 1 aliphatic heterocycles. The van der Waals surface area contributed by atoms with Crippen molar-refractivity contribution in [3.05, 3.63) is 59.3 Å². The summed E-state index contributed by atoms with van der Waals surface area (Å²) < 4.78 is 41.7. The van der Waals surface area contributed by atoms with E-state index in [0.29, 0.717) is 17.8 Å². The Labute approximate surface area is 227 Å². The maximum absolute atomic E-state index is 13.8. The van der Waals surface area contributed by atoms with Crippen molar-refractivity contribution < 1.29 is 32.6 Å². The van der Waals surface area contributed by atoms with Crippen LogP contribution in [0.3, 0.4) is 0 Å². The molecule has 0 radical (unpaired) electrons. The third-order valence-corrected chi connectivity index (χ3v) is 8.54. The molecule has 1 amide bonds. The molecular weight excluding hydrogens is 524 g/mol. The van der Waals surface area contributed by atoms with Crippen molar-refractivity contribution in [1.29, 1.82) is 0 Å². The van der Waals surface area contributed by atoms with Gasteiger partial charge in [0.15, 0.2) is 5.69 Å². The fourth-order valence-electron chi connectivity index (χ4n) is 4.02. The SMILES string of the molecule is CC[C@@H](C)C(=O)Nc1ccc(Oc2c(C)c(C(=O)O)nn2-c2ccc(C)cc2)c(S(=O)(=O)N2CCOCC2)c1. The largest absolute Gasteiger partial charge is 0.476 e. The second kappa shape index (κ2) is 11.6. The number of aryl methyl sites for hydroxylation is 1. The van der Waals surface area contributed by atoms with E-state index in [4.69, 9.17) is 9.47 Å². The number of hydrogen-bond donors (Lipinski definition) is 2. The Morgan fingerprint density at radius 1 is 1.13 bits per heavy atom. The molecule has 1 fully saturated rings. The van der Waals surface area contributed by atoms with Gasteiger partial charge in [0.25, 0.3) is 0 Å². The van der Waals surface area contributed by atoms with Crippen LogP contribution >= 0.6 is 0 Å². The van der Waals surface area contributed by atoms with Gasteiger partial charge in [-0.3, -0.25) is 4.79 Å². The minimum absolute atomic E-state index is 0.0312. The van der Waals surface area contributed by atoms with E-state index >= 15 is 0 Å². The molecule has 0 spiro atoms. The van der Waals surface area contributed by atoms with Crippen LogP contribution in [0.1, 0.15) is 41.9 Å². The number of nitrogens with zero attached hydrogens (tertiary/aromatic N) is 3. The number of amides is 1. The van der Waals surface area contributed by atoms with Crippen LogP contribution in [0.5, 0.6) is 11.6 Å². The van der Waals surface area contributed by atoms with Gasteiger partial charge in [-0.1, -0.05) is 31.5 Å². The van der Waals surface area contributed by atoms with Crippen LogP contribution in [-0.2, 0) is 19.6 Å². The van der Waals surface area contributed by atoms with E-state index in [2.05, 4.69) is 10.4 Å². The minimum Gasteiger partial charge on any atom is -0.476 e. The molecule has 0 aliphatic carbocycles. The van der Waals surface area contributed by atoms with E-state index < -0.39 is 16.0 Å². The number of hydrogen-bond acceptors (Lipinski definition) is 7. The Morgan fingerprint density at radius 3 is 2.41 bits per heavy atom. The smallest absolute Gasteiger partial charge is 0.356 e. The monoisotopic (exact) mass is 556 g/mol. The highest BCUT2D eigenvalue weighted by Gasteiger charge is 2.31. The Balaban J connectivity index is 1.83. The van der Waals surface area contributed by atoms with E-state index in [1.165, 1.54) is 21.1 Å². The Morgan fingerprint density at radius 2 is 1.79 bits per heavy atom. The number of aromatic carboxylic acids is 1. The van der Waals surface area contributed by atoms with Crippen molar-refractivity contribution >= 4 is 27.6 Å². The van der Waals surface area contributed by atoms with E-state index in [1.807, 2.05) is 26.0 Å². The lowest BCUT2D eigenvalue weighted by molar-refractivity contribution is -0.119. The van der Waals surface area contributed by atoms with Gasteiger partial charge in [-0.2, -0.15) is 14.1 Å². The summed E-state index contributed by atoms with van der Waals surface area (Å²) in [4.78, 5) is 24.3. The molecule has 12 heteroatoms. The molecule has 2 heterocycles. The van der Waals surface area contributed by atoms with E-state index in [9.17, 15) is 23.1 Å². The zero-order valence-electron chi connectivity index (χ0n) is 22.3. The summed E-state index contributed by atoms with van der Waals surface area (Å²) in [6.45, 7) is 7.97. The summed E-state index contributed by atoms with van der Waals surface area (Å²) in [6.07, 6.45) is 0.625. The third-order valence-electron chi connectivity index (χ3n) is 6.62. The molecule has 208 valence electrons. The predicted octanol–water partition coefficient (Wildman–Crippen LogP) is 3.99. The van der Waals surface area contributed by atoms with Crippen molar-refractivity contribution in [2.75, 3.05) is 31.6 Å². The fourth-order valence-corrected chi connectivity index (χ4v) is 5.57. The number of carbonyl (C=O) groups excluding carboxylic acids is 1. The number of aromatic nitrogens is 2. The summed E-state index contributed by atoms with van der Waals surface area (Å²) in [6, 6.07) is 11.6. The second-order valence-electron chi connectivity index (χ2n) is 9.41. The average Bonchev–Trinajstić information content (AvgIpc) is 3.25. The molecule has 2 aromatic carbocycles. The Kier molecular flexibility index (Phi) is 8.38. The minimum atomic E-state index is -4.07. The summed E-state index contributed by atoms with van der Waals surface area (Å²) in [5.74, 6) is -1.71. The lowest BCUT2D eigenvalue weighted by Crippen LogP contribution is -2.40. The third kappa shape index (κ3) is 5.97. The van der Waals surface area contributed by atoms with Gasteiger partial charge in [0.2, 0.25) is 21.8 Å². The average molecular weight is 557 g/mol. The van der Waals surface area contributed by atoms with Crippen LogP contribution in [0.25, 0.3) is 5.69 Å². The summed E-state index contributed by atoms with van der Waals surface area (Å²) >= 11 is 0. The number of benzene rings is 2. The van der Waals surface area contributed by atoms with Crippen molar-refractivity contribution in [1.82, 2.24) is 14.1 Å². The number of sulfonamides is 1. The van der Waals surface area contributed by atoms with Gasteiger partial charge in [-0.25, -0.2) is 13.2 Å². The molecule has 0 bridgehead atoms. The molecule has 0 saturated carbocycles. The van der Waals surface area contributed by atoms with Crippen LogP contribution in [0.2, 0.25) is 0 Å². The lowest BCUT2D eigenvalue weighted by atomic mass is 10.1. The topological polar surface area (TPSA) is 140 Å². The van der Waals surface area contributed by atoms with Crippen LogP contribution in [0.15, 0.2) is 47.4 Å². The van der Waals surface area contributed by atoms with Crippen LogP contribution in [-0.4, -0.2) is 65.8 Å². The number of rotatable bonds is 9.